The summed E-state index contributed by atoms with van der Waals surface area (Å²) in [6.07, 6.45) is 0.920. The molecular formula is C21H37IN4O3. The normalized spacial score (nSPS) is 15.5. The lowest BCUT2D eigenvalue weighted by atomic mass is 10.0. The Bertz CT molecular complexity index is 590. The number of nitrogens with one attached hydrogen (secondary N) is 2. The average molecular weight is 520 g/mol. The molecule has 1 saturated heterocycles. The van der Waals surface area contributed by atoms with E-state index in [1.54, 1.807) is 14.2 Å². The quantitative estimate of drug-likeness (QED) is 0.214. The number of guanidine groups is 1. The van der Waals surface area contributed by atoms with E-state index in [0.29, 0.717) is 13.2 Å². The summed E-state index contributed by atoms with van der Waals surface area (Å²) in [6, 6.07) is 7.96. The fourth-order valence-corrected chi connectivity index (χ4v) is 3.09. The summed E-state index contributed by atoms with van der Waals surface area (Å²) in [7, 11) is 3.47. The van der Waals surface area contributed by atoms with Crippen molar-refractivity contribution in [3.8, 4) is 5.75 Å². The maximum absolute atomic E-state index is 5.74. The zero-order chi connectivity index (χ0) is 20.2. The van der Waals surface area contributed by atoms with Gasteiger partial charge in [-0.05, 0) is 38.0 Å². The van der Waals surface area contributed by atoms with Crippen LogP contribution in [0, 0.1) is 0 Å². The van der Waals surface area contributed by atoms with Gasteiger partial charge in [-0.25, -0.2) is 0 Å². The minimum atomic E-state index is 0. The molecule has 1 aromatic carbocycles. The number of methoxy groups -OCH3 is 1. The Morgan fingerprint density at radius 2 is 1.86 bits per heavy atom. The first kappa shape index (κ1) is 25.9. The van der Waals surface area contributed by atoms with Gasteiger partial charge < -0.3 is 24.8 Å². The summed E-state index contributed by atoms with van der Waals surface area (Å²) in [5.41, 5.74) is 1.21. The molecule has 2 N–H and O–H groups in total. The monoisotopic (exact) mass is 520 g/mol. The van der Waals surface area contributed by atoms with Gasteiger partial charge in [0.05, 0.1) is 26.9 Å². The number of hydrogen-bond donors (Lipinski definition) is 2. The smallest absolute Gasteiger partial charge is 0.191 e. The Balaban J connectivity index is 0.00000420. The summed E-state index contributed by atoms with van der Waals surface area (Å²) in [5, 5.41) is 6.80. The van der Waals surface area contributed by atoms with Gasteiger partial charge in [-0.2, -0.15) is 0 Å². The summed E-state index contributed by atoms with van der Waals surface area (Å²) in [6.45, 7) is 11.1. The number of benzene rings is 1. The molecule has 166 valence electrons. The molecule has 0 saturated carbocycles. The van der Waals surface area contributed by atoms with Crippen LogP contribution in [0.4, 0.5) is 0 Å². The topological polar surface area (TPSA) is 67.4 Å². The van der Waals surface area contributed by atoms with E-state index < -0.39 is 0 Å². The van der Waals surface area contributed by atoms with Crippen LogP contribution in [0.15, 0.2) is 29.3 Å². The van der Waals surface area contributed by atoms with Crippen molar-refractivity contribution >= 4 is 29.9 Å². The molecule has 1 aromatic rings. The number of ether oxygens (including phenoxy) is 3. The average Bonchev–Trinajstić information content (AvgIpc) is 2.73. The SMILES string of the molecule is CN=C(NCCCOCc1ccc(OC)cc1)NCC(C)(C)N1CCOCC1.I. The molecular weight excluding hydrogens is 483 g/mol. The Morgan fingerprint density at radius 3 is 2.48 bits per heavy atom. The minimum Gasteiger partial charge on any atom is -0.497 e. The summed E-state index contributed by atoms with van der Waals surface area (Å²) >= 11 is 0. The first-order valence-electron chi connectivity index (χ1n) is 10.0. The van der Waals surface area contributed by atoms with Gasteiger partial charge in [-0.1, -0.05) is 12.1 Å². The molecule has 7 nitrogen and oxygen atoms in total. The lowest BCUT2D eigenvalue weighted by Crippen LogP contribution is -2.56. The predicted molar refractivity (Wildman–Crippen MR) is 129 cm³/mol. The van der Waals surface area contributed by atoms with Crippen molar-refractivity contribution in [2.24, 2.45) is 4.99 Å². The number of aliphatic imine (C=N–C) groups is 1. The number of rotatable bonds is 10. The first-order valence-corrected chi connectivity index (χ1v) is 10.0. The van der Waals surface area contributed by atoms with Gasteiger partial charge in [0.2, 0.25) is 0 Å². The van der Waals surface area contributed by atoms with Crippen molar-refractivity contribution < 1.29 is 14.2 Å². The maximum atomic E-state index is 5.74. The predicted octanol–water partition coefficient (Wildman–Crippen LogP) is 2.50. The van der Waals surface area contributed by atoms with Gasteiger partial charge in [0.1, 0.15) is 5.75 Å². The van der Waals surface area contributed by atoms with E-state index in [1.165, 1.54) is 0 Å². The van der Waals surface area contributed by atoms with E-state index in [9.17, 15) is 0 Å². The van der Waals surface area contributed by atoms with Crippen LogP contribution >= 0.6 is 24.0 Å². The van der Waals surface area contributed by atoms with Crippen LogP contribution in [-0.4, -0.2) is 76.6 Å². The molecule has 1 heterocycles. The first-order chi connectivity index (χ1) is 13.5. The van der Waals surface area contributed by atoms with Crippen molar-refractivity contribution in [2.45, 2.75) is 32.4 Å². The van der Waals surface area contributed by atoms with Gasteiger partial charge in [0, 0.05) is 45.4 Å². The molecule has 8 heteroatoms. The summed E-state index contributed by atoms with van der Waals surface area (Å²) in [4.78, 5) is 6.78. The number of nitrogens with zero attached hydrogens (tertiary/aromatic N) is 2. The van der Waals surface area contributed by atoms with E-state index in [2.05, 4.69) is 34.4 Å². The Morgan fingerprint density at radius 1 is 1.17 bits per heavy atom. The van der Waals surface area contributed by atoms with E-state index in [-0.39, 0.29) is 29.5 Å². The highest BCUT2D eigenvalue weighted by molar-refractivity contribution is 14.0. The molecule has 2 rings (SSSR count). The van der Waals surface area contributed by atoms with Crippen LogP contribution in [0.1, 0.15) is 25.8 Å². The van der Waals surface area contributed by atoms with Gasteiger partial charge in [0.15, 0.2) is 5.96 Å². The van der Waals surface area contributed by atoms with Crippen molar-refractivity contribution in [3.63, 3.8) is 0 Å². The number of hydrogen-bond acceptors (Lipinski definition) is 5. The number of halogens is 1. The highest BCUT2D eigenvalue weighted by atomic mass is 127. The molecule has 1 aliphatic rings. The molecule has 0 radical (unpaired) electrons. The second kappa shape index (κ2) is 14.0. The standard InChI is InChI=1S/C21H36N4O3.HI/c1-21(2,25-11-14-27-15-12-25)17-24-20(22-3)23-10-5-13-28-16-18-6-8-19(26-4)9-7-18;/h6-9H,5,10-17H2,1-4H3,(H2,22,23,24);1H. The van der Waals surface area contributed by atoms with E-state index in [1.807, 2.05) is 24.3 Å². The van der Waals surface area contributed by atoms with Crippen molar-refractivity contribution in [3.05, 3.63) is 29.8 Å². The van der Waals surface area contributed by atoms with Crippen LogP contribution in [0.5, 0.6) is 5.75 Å². The van der Waals surface area contributed by atoms with Crippen molar-refractivity contribution in [1.82, 2.24) is 15.5 Å². The largest absolute Gasteiger partial charge is 0.497 e. The fraction of sp³-hybridized carbons (Fsp3) is 0.667. The zero-order valence-corrected chi connectivity index (χ0v) is 20.5. The lowest BCUT2D eigenvalue weighted by molar-refractivity contribution is -0.00834. The maximum Gasteiger partial charge on any atom is 0.191 e. The van der Waals surface area contributed by atoms with E-state index in [0.717, 1.165) is 63.1 Å². The van der Waals surface area contributed by atoms with Crippen LogP contribution in [0.3, 0.4) is 0 Å². The lowest BCUT2D eigenvalue weighted by Gasteiger charge is -2.41. The molecule has 0 aliphatic carbocycles. The second-order valence-electron chi connectivity index (χ2n) is 7.52. The fourth-order valence-electron chi connectivity index (χ4n) is 3.09. The van der Waals surface area contributed by atoms with Gasteiger partial charge in [-0.15, -0.1) is 24.0 Å². The summed E-state index contributed by atoms with van der Waals surface area (Å²) < 4.78 is 16.4. The Kier molecular flexibility index (Phi) is 12.5. The molecule has 0 amide bonds. The Labute approximate surface area is 192 Å². The van der Waals surface area contributed by atoms with Crippen LogP contribution in [0.2, 0.25) is 0 Å². The van der Waals surface area contributed by atoms with Gasteiger partial charge in [-0.3, -0.25) is 9.89 Å². The van der Waals surface area contributed by atoms with Crippen molar-refractivity contribution in [2.75, 3.05) is 60.2 Å². The molecule has 0 spiro atoms. The third-order valence-electron chi connectivity index (χ3n) is 4.96. The molecule has 0 atom stereocenters. The van der Waals surface area contributed by atoms with Gasteiger partial charge >= 0.3 is 0 Å². The van der Waals surface area contributed by atoms with Crippen LogP contribution in [-0.2, 0) is 16.1 Å². The highest BCUT2D eigenvalue weighted by Crippen LogP contribution is 2.15. The van der Waals surface area contributed by atoms with Crippen molar-refractivity contribution in [1.29, 1.82) is 0 Å². The van der Waals surface area contributed by atoms with E-state index in [4.69, 9.17) is 14.2 Å². The molecule has 29 heavy (non-hydrogen) atoms. The van der Waals surface area contributed by atoms with Gasteiger partial charge in [0.25, 0.3) is 0 Å². The molecule has 1 aliphatic heterocycles. The second-order valence-corrected chi connectivity index (χ2v) is 7.52. The van der Waals surface area contributed by atoms with E-state index >= 15 is 0 Å². The molecule has 0 aromatic heterocycles. The molecule has 0 bridgehead atoms. The number of morpholine rings is 1. The minimum absolute atomic E-state index is 0. The Hall–Kier alpha value is -1.10. The van der Waals surface area contributed by atoms with Crippen LogP contribution < -0.4 is 15.4 Å². The third-order valence-corrected chi connectivity index (χ3v) is 4.96. The zero-order valence-electron chi connectivity index (χ0n) is 18.2. The summed E-state index contributed by atoms with van der Waals surface area (Å²) in [5.74, 6) is 1.69. The molecule has 0 unspecified atom stereocenters. The third kappa shape index (κ3) is 9.50. The van der Waals surface area contributed by atoms with Crippen LogP contribution in [0.25, 0.3) is 0 Å². The molecule has 1 fully saturated rings. The highest BCUT2D eigenvalue weighted by Gasteiger charge is 2.28.